The first-order valence-electron chi connectivity index (χ1n) is 6.64. The second-order valence-electron chi connectivity index (χ2n) is 3.96. The molecule has 8 nitrogen and oxygen atoms in total. The zero-order valence-corrected chi connectivity index (χ0v) is 12.4. The molecule has 1 heterocycles. The molecule has 1 rings (SSSR count). The van der Waals surface area contributed by atoms with Crippen LogP contribution in [0.1, 0.15) is 20.3 Å². The van der Waals surface area contributed by atoms with E-state index < -0.39 is 0 Å². The summed E-state index contributed by atoms with van der Waals surface area (Å²) in [7, 11) is 3.20. The van der Waals surface area contributed by atoms with Crippen molar-refractivity contribution >= 4 is 17.8 Å². The van der Waals surface area contributed by atoms with Crippen LogP contribution in [0.4, 0.5) is 11.9 Å². The molecule has 1 amide bonds. The predicted molar refractivity (Wildman–Crippen MR) is 77.0 cm³/mol. The molecule has 0 spiro atoms. The Bertz CT molecular complexity index is 414. The summed E-state index contributed by atoms with van der Waals surface area (Å²) in [6.45, 7) is 5.83. The van der Waals surface area contributed by atoms with Gasteiger partial charge in [-0.2, -0.15) is 15.0 Å². The van der Waals surface area contributed by atoms with Gasteiger partial charge in [0.05, 0.1) is 7.11 Å². The van der Waals surface area contributed by atoms with Crippen molar-refractivity contribution in [2.24, 2.45) is 0 Å². The van der Waals surface area contributed by atoms with E-state index in [4.69, 9.17) is 4.74 Å². The second kappa shape index (κ2) is 8.13. The molecule has 20 heavy (non-hydrogen) atoms. The van der Waals surface area contributed by atoms with Gasteiger partial charge in [0.15, 0.2) is 0 Å². The molecular formula is C12H22N6O2. The molecule has 8 heteroatoms. The molecule has 1 aromatic rings. The zero-order valence-electron chi connectivity index (χ0n) is 12.4. The van der Waals surface area contributed by atoms with Crippen molar-refractivity contribution in [2.45, 2.75) is 20.3 Å². The number of aromatic nitrogens is 3. The molecule has 0 atom stereocenters. The van der Waals surface area contributed by atoms with E-state index in [1.807, 2.05) is 13.8 Å². The maximum absolute atomic E-state index is 11.8. The van der Waals surface area contributed by atoms with Gasteiger partial charge in [-0.15, -0.1) is 0 Å². The summed E-state index contributed by atoms with van der Waals surface area (Å²) in [5.41, 5.74) is 0. The number of hydrogen-bond acceptors (Lipinski definition) is 7. The van der Waals surface area contributed by atoms with Gasteiger partial charge in [0.25, 0.3) is 0 Å². The van der Waals surface area contributed by atoms with Crippen LogP contribution in [-0.4, -0.2) is 59.6 Å². The quantitative estimate of drug-likeness (QED) is 0.721. The molecule has 0 radical (unpaired) electrons. The molecule has 0 bridgehead atoms. The van der Waals surface area contributed by atoms with Crippen molar-refractivity contribution in [3.05, 3.63) is 0 Å². The van der Waals surface area contributed by atoms with E-state index in [2.05, 4.69) is 25.6 Å². The summed E-state index contributed by atoms with van der Waals surface area (Å²) >= 11 is 0. The van der Waals surface area contributed by atoms with Gasteiger partial charge in [0, 0.05) is 33.1 Å². The van der Waals surface area contributed by atoms with E-state index in [9.17, 15) is 4.79 Å². The van der Waals surface area contributed by atoms with Crippen LogP contribution in [0.5, 0.6) is 6.01 Å². The Kier molecular flexibility index (Phi) is 6.48. The lowest BCUT2D eigenvalue weighted by molar-refractivity contribution is -0.130. The van der Waals surface area contributed by atoms with Crippen molar-refractivity contribution in [3.8, 4) is 6.01 Å². The van der Waals surface area contributed by atoms with Gasteiger partial charge in [0.1, 0.15) is 0 Å². The lowest BCUT2D eigenvalue weighted by Crippen LogP contribution is -2.31. The molecule has 0 unspecified atom stereocenters. The highest BCUT2D eigenvalue weighted by atomic mass is 16.5. The van der Waals surface area contributed by atoms with E-state index in [1.54, 1.807) is 11.9 Å². The fourth-order valence-electron chi connectivity index (χ4n) is 1.65. The Morgan fingerprint density at radius 2 is 1.85 bits per heavy atom. The van der Waals surface area contributed by atoms with Crippen LogP contribution in [-0.2, 0) is 4.79 Å². The SMILES string of the molecule is CCN(CC)C(=O)CCNc1nc(NC)nc(OC)n1. The van der Waals surface area contributed by atoms with Crippen LogP contribution in [0.3, 0.4) is 0 Å². The number of carbonyl (C=O) groups excluding carboxylic acids is 1. The first-order valence-corrected chi connectivity index (χ1v) is 6.64. The Morgan fingerprint density at radius 1 is 1.20 bits per heavy atom. The number of ether oxygens (including phenoxy) is 1. The van der Waals surface area contributed by atoms with Crippen LogP contribution >= 0.6 is 0 Å². The van der Waals surface area contributed by atoms with Gasteiger partial charge in [-0.3, -0.25) is 4.79 Å². The minimum Gasteiger partial charge on any atom is -0.467 e. The third kappa shape index (κ3) is 4.52. The van der Waals surface area contributed by atoms with Gasteiger partial charge in [-0.1, -0.05) is 0 Å². The smallest absolute Gasteiger partial charge is 0.322 e. The molecule has 0 aliphatic rings. The molecule has 0 fully saturated rings. The van der Waals surface area contributed by atoms with Gasteiger partial charge >= 0.3 is 6.01 Å². The fraction of sp³-hybridized carbons (Fsp3) is 0.667. The Morgan fingerprint density at radius 3 is 2.40 bits per heavy atom. The molecule has 0 aromatic carbocycles. The van der Waals surface area contributed by atoms with E-state index in [-0.39, 0.29) is 11.9 Å². The number of nitrogens with one attached hydrogen (secondary N) is 2. The molecule has 0 aliphatic heterocycles. The average molecular weight is 282 g/mol. The summed E-state index contributed by atoms with van der Waals surface area (Å²) in [6, 6.07) is 0.224. The van der Waals surface area contributed by atoms with Gasteiger partial charge in [0.2, 0.25) is 17.8 Å². The predicted octanol–water partition coefficient (Wildman–Crippen LogP) is 0.592. The van der Waals surface area contributed by atoms with Crippen LogP contribution in [0.15, 0.2) is 0 Å². The standard InChI is InChI=1S/C12H22N6O2/c1-5-18(6-2)9(19)7-8-14-11-15-10(13-3)16-12(17-11)20-4/h5-8H2,1-4H3,(H2,13,14,15,16,17). The van der Waals surface area contributed by atoms with E-state index >= 15 is 0 Å². The normalized spacial score (nSPS) is 10.0. The number of carbonyl (C=O) groups is 1. The summed E-state index contributed by atoms with van der Waals surface area (Å²) < 4.78 is 4.98. The summed E-state index contributed by atoms with van der Waals surface area (Å²) in [4.78, 5) is 25.8. The third-order valence-corrected chi connectivity index (χ3v) is 2.76. The lowest BCUT2D eigenvalue weighted by atomic mass is 10.3. The van der Waals surface area contributed by atoms with Crippen molar-refractivity contribution in [2.75, 3.05) is 44.4 Å². The largest absolute Gasteiger partial charge is 0.467 e. The zero-order chi connectivity index (χ0) is 15.0. The van der Waals surface area contributed by atoms with E-state index in [1.165, 1.54) is 7.11 Å². The van der Waals surface area contributed by atoms with Gasteiger partial charge < -0.3 is 20.3 Å². The van der Waals surface area contributed by atoms with E-state index in [0.29, 0.717) is 24.9 Å². The highest BCUT2D eigenvalue weighted by Crippen LogP contribution is 2.10. The summed E-state index contributed by atoms with van der Waals surface area (Å²) in [6.07, 6.45) is 0.393. The molecule has 1 aromatic heterocycles. The third-order valence-electron chi connectivity index (χ3n) is 2.76. The second-order valence-corrected chi connectivity index (χ2v) is 3.96. The summed E-state index contributed by atoms with van der Waals surface area (Å²) in [5.74, 6) is 0.903. The lowest BCUT2D eigenvalue weighted by Gasteiger charge is -2.18. The van der Waals surface area contributed by atoms with Crippen molar-refractivity contribution < 1.29 is 9.53 Å². The van der Waals surface area contributed by atoms with Crippen molar-refractivity contribution in [1.29, 1.82) is 0 Å². The number of hydrogen-bond donors (Lipinski definition) is 2. The van der Waals surface area contributed by atoms with Gasteiger partial charge in [-0.25, -0.2) is 0 Å². The van der Waals surface area contributed by atoms with Gasteiger partial charge in [-0.05, 0) is 13.8 Å². The molecule has 0 saturated heterocycles. The maximum Gasteiger partial charge on any atom is 0.322 e. The van der Waals surface area contributed by atoms with Crippen LogP contribution in [0.2, 0.25) is 0 Å². The number of methoxy groups -OCH3 is 1. The number of anilines is 2. The molecule has 112 valence electrons. The van der Waals surface area contributed by atoms with Crippen LogP contribution in [0, 0.1) is 0 Å². The van der Waals surface area contributed by atoms with Crippen molar-refractivity contribution in [1.82, 2.24) is 19.9 Å². The highest BCUT2D eigenvalue weighted by molar-refractivity contribution is 5.76. The summed E-state index contributed by atoms with van der Waals surface area (Å²) in [5, 5.41) is 5.82. The molecule has 2 N–H and O–H groups in total. The number of rotatable bonds is 8. The highest BCUT2D eigenvalue weighted by Gasteiger charge is 2.10. The van der Waals surface area contributed by atoms with Crippen molar-refractivity contribution in [3.63, 3.8) is 0 Å². The Hall–Kier alpha value is -2.12. The Balaban J connectivity index is 2.55. The topological polar surface area (TPSA) is 92.3 Å². The van der Waals surface area contributed by atoms with E-state index in [0.717, 1.165) is 13.1 Å². The Labute approximate surface area is 119 Å². The molecular weight excluding hydrogens is 260 g/mol. The number of amides is 1. The van der Waals surface area contributed by atoms with Crippen LogP contribution in [0.25, 0.3) is 0 Å². The molecule has 0 aliphatic carbocycles. The minimum absolute atomic E-state index is 0.109. The maximum atomic E-state index is 11.8. The first-order chi connectivity index (χ1) is 9.64. The fourth-order valence-corrected chi connectivity index (χ4v) is 1.65. The first kappa shape index (κ1) is 15.9. The minimum atomic E-state index is 0.109. The average Bonchev–Trinajstić information content (AvgIpc) is 2.48. The number of nitrogens with zero attached hydrogens (tertiary/aromatic N) is 4. The molecule has 0 saturated carbocycles. The van der Waals surface area contributed by atoms with Crippen LogP contribution < -0.4 is 15.4 Å². The monoisotopic (exact) mass is 282 g/mol.